The Morgan fingerprint density at radius 1 is 0.864 bits per heavy atom. The van der Waals surface area contributed by atoms with E-state index in [2.05, 4.69) is 30.0 Å². The average molecular weight is 294 g/mol. The Kier molecular flexibility index (Phi) is 4.41. The van der Waals surface area contributed by atoms with Crippen LogP contribution in [0, 0.1) is 0 Å². The minimum atomic E-state index is -0.899. The van der Waals surface area contributed by atoms with E-state index in [1.165, 1.54) is 36.7 Å². The second-order valence-corrected chi connectivity index (χ2v) is 3.79. The Morgan fingerprint density at radius 3 is 1.64 bits per heavy atom. The molecule has 2 heterocycles. The van der Waals surface area contributed by atoms with Gasteiger partial charge in [0.05, 0.1) is 0 Å². The summed E-state index contributed by atoms with van der Waals surface area (Å²) in [5.74, 6) is -1.80. The molecule has 2 aromatic heterocycles. The number of pyridine rings is 2. The number of hydrogen-bond donors (Lipinski definition) is 0. The van der Waals surface area contributed by atoms with Crippen molar-refractivity contribution >= 4 is 11.8 Å². The number of nitrogens with zero attached hydrogens (tertiary/aromatic N) is 8. The fourth-order valence-electron chi connectivity index (χ4n) is 1.76. The van der Waals surface area contributed by atoms with Gasteiger partial charge in [0.2, 0.25) is 0 Å². The molecular formula is C12H6N8O2. The Hall–Kier alpha value is -3.74. The van der Waals surface area contributed by atoms with E-state index in [1.54, 1.807) is 0 Å². The Morgan fingerprint density at radius 2 is 1.27 bits per heavy atom. The van der Waals surface area contributed by atoms with E-state index in [9.17, 15) is 9.59 Å². The highest BCUT2D eigenvalue weighted by molar-refractivity contribution is 6.04. The number of carbonyl (C=O) groups excluding carboxylic acids is 2. The van der Waals surface area contributed by atoms with Gasteiger partial charge in [-0.1, -0.05) is 12.1 Å². The number of hydrogen-bond acceptors (Lipinski definition) is 4. The van der Waals surface area contributed by atoms with Crippen molar-refractivity contribution in [2.45, 2.75) is 0 Å². The molecule has 10 nitrogen and oxygen atoms in total. The van der Waals surface area contributed by atoms with Gasteiger partial charge in [0, 0.05) is 33.3 Å². The van der Waals surface area contributed by atoms with Crippen LogP contribution in [0.25, 0.3) is 32.0 Å². The predicted octanol–water partition coefficient (Wildman–Crippen LogP) is 3.04. The maximum Gasteiger partial charge on any atom is 0.268 e. The van der Waals surface area contributed by atoms with Crippen LogP contribution in [-0.2, 0) is 0 Å². The molecule has 0 unspecified atom stereocenters. The molecule has 0 aliphatic rings. The minimum Gasteiger partial charge on any atom is -0.285 e. The highest BCUT2D eigenvalue weighted by Crippen LogP contribution is 2.26. The van der Waals surface area contributed by atoms with Crippen LogP contribution in [0.1, 0.15) is 21.0 Å². The summed E-state index contributed by atoms with van der Waals surface area (Å²) in [5.41, 5.74) is 16.9. The number of carbonyl (C=O) groups is 2. The van der Waals surface area contributed by atoms with Crippen molar-refractivity contribution in [3.8, 4) is 11.1 Å². The molecule has 106 valence electrons. The number of amides is 2. The van der Waals surface area contributed by atoms with Crippen LogP contribution in [0.3, 0.4) is 0 Å². The van der Waals surface area contributed by atoms with Gasteiger partial charge < -0.3 is 0 Å². The fraction of sp³-hybridized carbons (Fsp3) is 0. The van der Waals surface area contributed by atoms with Crippen molar-refractivity contribution in [3.05, 3.63) is 68.9 Å². The third-order valence-corrected chi connectivity index (χ3v) is 2.58. The van der Waals surface area contributed by atoms with Gasteiger partial charge in [-0.25, -0.2) is 0 Å². The van der Waals surface area contributed by atoms with Gasteiger partial charge in [0.1, 0.15) is 11.4 Å². The van der Waals surface area contributed by atoms with Crippen LogP contribution in [0.15, 0.2) is 46.9 Å². The molecule has 0 aromatic carbocycles. The first-order valence-electron chi connectivity index (χ1n) is 5.78. The summed E-state index contributed by atoms with van der Waals surface area (Å²) in [6, 6.07) is 6.10. The standard InChI is InChI=1S/C12H6N8O2/c13-19-17-11(21)9-7(3-1-5-15-9)8-4-2-6-16-10(8)12(22)18-20-14/h1-6H. The van der Waals surface area contributed by atoms with Gasteiger partial charge in [-0.3, -0.25) is 19.6 Å². The normalized spacial score (nSPS) is 9.27. The predicted molar refractivity (Wildman–Crippen MR) is 74.4 cm³/mol. The van der Waals surface area contributed by atoms with E-state index in [1.807, 2.05) is 0 Å². The van der Waals surface area contributed by atoms with E-state index in [0.29, 0.717) is 0 Å². The zero-order chi connectivity index (χ0) is 15.9. The molecule has 0 atom stereocenters. The second-order valence-electron chi connectivity index (χ2n) is 3.79. The number of azide groups is 2. The van der Waals surface area contributed by atoms with Gasteiger partial charge in [-0.15, -0.1) is 0 Å². The van der Waals surface area contributed by atoms with Crippen LogP contribution in [0.5, 0.6) is 0 Å². The summed E-state index contributed by atoms with van der Waals surface area (Å²) < 4.78 is 0. The van der Waals surface area contributed by atoms with E-state index in [-0.39, 0.29) is 22.5 Å². The Labute approximate surface area is 122 Å². The number of aromatic nitrogens is 2. The van der Waals surface area contributed by atoms with Crippen molar-refractivity contribution in [1.82, 2.24) is 9.97 Å². The van der Waals surface area contributed by atoms with Gasteiger partial charge in [0.25, 0.3) is 11.8 Å². The third kappa shape index (κ3) is 2.88. The summed E-state index contributed by atoms with van der Waals surface area (Å²) in [6.45, 7) is 0. The molecule has 0 saturated heterocycles. The zero-order valence-corrected chi connectivity index (χ0v) is 10.9. The van der Waals surface area contributed by atoms with Crippen molar-refractivity contribution in [2.24, 2.45) is 10.2 Å². The van der Waals surface area contributed by atoms with Gasteiger partial charge in [-0.05, 0) is 33.4 Å². The van der Waals surface area contributed by atoms with Gasteiger partial charge in [0.15, 0.2) is 0 Å². The van der Waals surface area contributed by atoms with Crippen LogP contribution in [0.4, 0.5) is 0 Å². The summed E-state index contributed by atoms with van der Waals surface area (Å²) in [4.78, 5) is 36.1. The molecule has 22 heavy (non-hydrogen) atoms. The highest BCUT2D eigenvalue weighted by Gasteiger charge is 2.18. The van der Waals surface area contributed by atoms with Crippen molar-refractivity contribution in [1.29, 1.82) is 0 Å². The minimum absolute atomic E-state index is 0.136. The summed E-state index contributed by atoms with van der Waals surface area (Å²) in [7, 11) is 0. The molecule has 0 bridgehead atoms. The molecule has 0 fully saturated rings. The van der Waals surface area contributed by atoms with Crippen LogP contribution in [0.2, 0.25) is 0 Å². The quantitative estimate of drug-likeness (QED) is 0.483. The monoisotopic (exact) mass is 294 g/mol. The summed E-state index contributed by atoms with van der Waals surface area (Å²) in [5, 5.41) is 5.97. The molecular weight excluding hydrogens is 288 g/mol. The lowest BCUT2D eigenvalue weighted by Crippen LogP contribution is -2.05. The Balaban J connectivity index is 2.68. The van der Waals surface area contributed by atoms with Crippen LogP contribution in [-0.4, -0.2) is 21.8 Å². The van der Waals surface area contributed by atoms with Crippen molar-refractivity contribution in [3.63, 3.8) is 0 Å². The van der Waals surface area contributed by atoms with E-state index >= 15 is 0 Å². The van der Waals surface area contributed by atoms with Gasteiger partial charge >= 0.3 is 0 Å². The summed E-state index contributed by atoms with van der Waals surface area (Å²) in [6.07, 6.45) is 2.68. The molecule has 0 N–H and O–H groups in total. The molecule has 2 rings (SSSR count). The molecule has 0 radical (unpaired) electrons. The average Bonchev–Trinajstić information content (AvgIpc) is 2.55. The smallest absolute Gasteiger partial charge is 0.268 e. The van der Waals surface area contributed by atoms with Crippen LogP contribution < -0.4 is 0 Å². The molecule has 0 aliphatic carbocycles. The second kappa shape index (κ2) is 6.62. The Bertz CT molecular complexity index is 778. The molecule has 2 aromatic rings. The maximum atomic E-state index is 11.8. The molecule has 0 spiro atoms. The highest BCUT2D eigenvalue weighted by atomic mass is 16.2. The SMILES string of the molecule is [N-]=[N+]=NC(=O)c1ncccc1-c1cccnc1C(=O)N=[N+]=[N-]. The van der Waals surface area contributed by atoms with E-state index in [4.69, 9.17) is 11.1 Å². The summed E-state index contributed by atoms with van der Waals surface area (Å²) >= 11 is 0. The van der Waals surface area contributed by atoms with E-state index in [0.717, 1.165) is 0 Å². The molecule has 0 aliphatic heterocycles. The maximum absolute atomic E-state index is 11.8. The largest absolute Gasteiger partial charge is 0.285 e. The van der Waals surface area contributed by atoms with Gasteiger partial charge in [-0.2, -0.15) is 0 Å². The first kappa shape index (κ1) is 14.7. The lowest BCUT2D eigenvalue weighted by molar-refractivity contribution is 0.0986. The zero-order valence-electron chi connectivity index (χ0n) is 10.9. The van der Waals surface area contributed by atoms with E-state index < -0.39 is 11.8 Å². The van der Waals surface area contributed by atoms with Crippen molar-refractivity contribution in [2.75, 3.05) is 0 Å². The van der Waals surface area contributed by atoms with Crippen molar-refractivity contribution < 1.29 is 9.59 Å². The topological polar surface area (TPSA) is 157 Å². The number of rotatable bonds is 3. The lowest BCUT2D eigenvalue weighted by Gasteiger charge is -2.08. The fourth-order valence-corrected chi connectivity index (χ4v) is 1.76. The molecule has 10 heteroatoms. The molecule has 2 amide bonds. The first-order chi connectivity index (χ1) is 10.7. The molecule has 0 saturated carbocycles. The first-order valence-corrected chi connectivity index (χ1v) is 5.78. The third-order valence-electron chi connectivity index (χ3n) is 2.58. The lowest BCUT2D eigenvalue weighted by atomic mass is 10.0. The van der Waals surface area contributed by atoms with Crippen LogP contribution >= 0.6 is 0 Å².